The van der Waals surface area contributed by atoms with Gasteiger partial charge in [-0.1, -0.05) is 68.4 Å². The molecule has 0 spiro atoms. The Morgan fingerprint density at radius 1 is 0.917 bits per heavy atom. The highest BCUT2D eigenvalue weighted by molar-refractivity contribution is 5.66. The van der Waals surface area contributed by atoms with E-state index >= 15 is 0 Å². The van der Waals surface area contributed by atoms with E-state index in [0.717, 1.165) is 6.42 Å². The van der Waals surface area contributed by atoms with E-state index in [1.165, 1.54) is 19.3 Å². The molecule has 0 aliphatic heterocycles. The lowest BCUT2D eigenvalue weighted by Gasteiger charge is -2.02. The molecule has 24 heavy (non-hydrogen) atoms. The van der Waals surface area contributed by atoms with Crippen LogP contribution in [-0.2, 0) is 4.79 Å². The van der Waals surface area contributed by atoms with Crippen LogP contribution in [0.5, 0.6) is 0 Å². The molecule has 0 aliphatic rings. The molecule has 0 amide bonds. The molecule has 0 aromatic rings. The first-order valence-electron chi connectivity index (χ1n) is 8.80. The summed E-state index contributed by atoms with van der Waals surface area (Å²) in [5.74, 6) is -0.842. The third kappa shape index (κ3) is 16.7. The molecule has 0 saturated heterocycles. The highest BCUT2D eigenvalue weighted by atomic mass is 16.4. The predicted octanol–water partition coefficient (Wildman–Crippen LogP) is 4.16. The number of aliphatic hydroxyl groups is 2. The number of hydrogen-bond donors (Lipinski definition) is 3. The number of rotatable bonds is 14. The van der Waals surface area contributed by atoms with E-state index in [2.05, 4.69) is 13.0 Å². The molecule has 0 rings (SSSR count). The number of aliphatic hydroxyl groups excluding tert-OH is 2. The fourth-order valence-corrected chi connectivity index (χ4v) is 2.02. The third-order valence-corrected chi connectivity index (χ3v) is 3.41. The zero-order valence-electron chi connectivity index (χ0n) is 14.7. The summed E-state index contributed by atoms with van der Waals surface area (Å²) in [6.07, 6.45) is 19.8. The zero-order chi connectivity index (χ0) is 18.0. The van der Waals surface area contributed by atoms with E-state index in [4.69, 9.17) is 5.11 Å². The van der Waals surface area contributed by atoms with Crippen LogP contribution in [0.1, 0.15) is 58.3 Å². The summed E-state index contributed by atoms with van der Waals surface area (Å²) in [4.78, 5) is 10.3. The average molecular weight is 336 g/mol. The lowest BCUT2D eigenvalue weighted by Crippen LogP contribution is -2.03. The van der Waals surface area contributed by atoms with E-state index < -0.39 is 18.2 Å². The van der Waals surface area contributed by atoms with Gasteiger partial charge in [0.2, 0.25) is 0 Å². The molecule has 0 aromatic heterocycles. The number of carboxylic acid groups (broad SMARTS) is 1. The Hall–Kier alpha value is -1.65. The first kappa shape index (κ1) is 22.4. The highest BCUT2D eigenvalue weighted by Crippen LogP contribution is 2.03. The van der Waals surface area contributed by atoms with Gasteiger partial charge in [0, 0.05) is 6.42 Å². The Morgan fingerprint density at radius 3 is 2.21 bits per heavy atom. The van der Waals surface area contributed by atoms with Crippen molar-refractivity contribution in [1.29, 1.82) is 0 Å². The van der Waals surface area contributed by atoms with E-state index in [9.17, 15) is 15.0 Å². The third-order valence-electron chi connectivity index (χ3n) is 3.41. The van der Waals surface area contributed by atoms with Gasteiger partial charge < -0.3 is 15.3 Å². The number of carboxylic acids is 1. The Bertz CT molecular complexity index is 421. The van der Waals surface area contributed by atoms with Crippen molar-refractivity contribution in [1.82, 2.24) is 0 Å². The molecule has 0 radical (unpaired) electrons. The van der Waals surface area contributed by atoms with E-state index in [1.807, 2.05) is 6.08 Å². The van der Waals surface area contributed by atoms with Crippen LogP contribution in [0.3, 0.4) is 0 Å². The van der Waals surface area contributed by atoms with E-state index in [-0.39, 0.29) is 6.42 Å². The second-order valence-electron chi connectivity index (χ2n) is 5.78. The smallest absolute Gasteiger partial charge is 0.303 e. The van der Waals surface area contributed by atoms with Crippen molar-refractivity contribution in [3.63, 3.8) is 0 Å². The summed E-state index contributed by atoms with van der Waals surface area (Å²) in [6.45, 7) is 2.18. The minimum absolute atomic E-state index is 0.0778. The van der Waals surface area contributed by atoms with E-state index in [0.29, 0.717) is 19.3 Å². The van der Waals surface area contributed by atoms with Gasteiger partial charge in [-0.2, -0.15) is 0 Å². The molecular formula is C20H32O4. The number of aliphatic carboxylic acids is 1. The van der Waals surface area contributed by atoms with Crippen LogP contribution in [0.15, 0.2) is 48.6 Å². The quantitative estimate of drug-likeness (QED) is 0.253. The Morgan fingerprint density at radius 2 is 1.58 bits per heavy atom. The highest BCUT2D eigenvalue weighted by Gasteiger charge is 2.01. The van der Waals surface area contributed by atoms with Crippen LogP contribution in [0, 0.1) is 0 Å². The van der Waals surface area contributed by atoms with Crippen LogP contribution < -0.4 is 0 Å². The summed E-state index contributed by atoms with van der Waals surface area (Å²) in [5, 5.41) is 27.9. The van der Waals surface area contributed by atoms with Gasteiger partial charge in [0.25, 0.3) is 0 Å². The molecule has 0 bridgehead atoms. The Labute approximate surface area is 145 Å². The number of allylic oxidation sites excluding steroid dienone is 5. The largest absolute Gasteiger partial charge is 0.481 e. The molecule has 2 atom stereocenters. The molecule has 0 aromatic carbocycles. The van der Waals surface area contributed by atoms with Gasteiger partial charge in [-0.15, -0.1) is 0 Å². The fourth-order valence-electron chi connectivity index (χ4n) is 2.02. The lowest BCUT2D eigenvalue weighted by molar-refractivity contribution is -0.137. The fraction of sp³-hybridized carbons (Fsp3) is 0.550. The molecule has 0 saturated carbocycles. The SMILES string of the molecule is CCCCC/C=C/C[C@@H](O)/C=C/C=C/C=C/[C@H](O)CCCC(=O)O. The number of unbranched alkanes of at least 4 members (excludes halogenated alkanes) is 3. The summed E-state index contributed by atoms with van der Waals surface area (Å²) < 4.78 is 0. The van der Waals surface area contributed by atoms with Gasteiger partial charge in [-0.25, -0.2) is 0 Å². The van der Waals surface area contributed by atoms with Gasteiger partial charge in [0.15, 0.2) is 0 Å². The van der Waals surface area contributed by atoms with Crippen molar-refractivity contribution in [3.05, 3.63) is 48.6 Å². The van der Waals surface area contributed by atoms with Crippen molar-refractivity contribution >= 4 is 5.97 Å². The van der Waals surface area contributed by atoms with Gasteiger partial charge in [-0.05, 0) is 32.1 Å². The maximum absolute atomic E-state index is 10.3. The second kappa shape index (κ2) is 16.2. The normalized spacial score (nSPS) is 15.1. The van der Waals surface area contributed by atoms with Crippen LogP contribution in [0.4, 0.5) is 0 Å². The Balaban J connectivity index is 3.81. The number of carbonyl (C=O) groups is 1. The standard InChI is InChI=1S/C20H32O4/c1-2-3-4-5-6-9-13-18(21)14-10-7-8-11-15-19(22)16-12-17-20(23)24/h6-11,14-15,18-19,21-22H,2-5,12-13,16-17H2,1H3,(H,23,24)/b8-7+,9-6+,14-10+,15-11+/t18-,19+/m1/s1. The molecule has 4 heteroatoms. The Kier molecular flexibility index (Phi) is 15.1. The molecule has 4 nitrogen and oxygen atoms in total. The van der Waals surface area contributed by atoms with Crippen molar-refractivity contribution < 1.29 is 20.1 Å². The summed E-state index contributed by atoms with van der Waals surface area (Å²) in [6, 6.07) is 0. The second-order valence-corrected chi connectivity index (χ2v) is 5.78. The van der Waals surface area contributed by atoms with Gasteiger partial charge in [-0.3, -0.25) is 4.79 Å². The van der Waals surface area contributed by atoms with Crippen LogP contribution in [-0.4, -0.2) is 33.5 Å². The lowest BCUT2D eigenvalue weighted by atomic mass is 10.1. The minimum Gasteiger partial charge on any atom is -0.481 e. The molecule has 0 heterocycles. The van der Waals surface area contributed by atoms with Crippen molar-refractivity contribution in [2.75, 3.05) is 0 Å². The molecule has 136 valence electrons. The van der Waals surface area contributed by atoms with Crippen LogP contribution in [0.25, 0.3) is 0 Å². The molecule has 3 N–H and O–H groups in total. The van der Waals surface area contributed by atoms with Gasteiger partial charge in [0.1, 0.15) is 0 Å². The molecule has 0 unspecified atom stereocenters. The number of hydrogen-bond acceptors (Lipinski definition) is 3. The first-order chi connectivity index (χ1) is 11.6. The van der Waals surface area contributed by atoms with Gasteiger partial charge >= 0.3 is 5.97 Å². The topological polar surface area (TPSA) is 77.8 Å². The average Bonchev–Trinajstić information content (AvgIpc) is 2.53. The van der Waals surface area contributed by atoms with Crippen molar-refractivity contribution in [2.24, 2.45) is 0 Å². The zero-order valence-corrected chi connectivity index (χ0v) is 14.7. The maximum atomic E-state index is 10.3. The minimum atomic E-state index is -0.842. The predicted molar refractivity (Wildman–Crippen MR) is 98.8 cm³/mol. The summed E-state index contributed by atoms with van der Waals surface area (Å²) in [7, 11) is 0. The van der Waals surface area contributed by atoms with E-state index in [1.54, 1.807) is 36.5 Å². The monoisotopic (exact) mass is 336 g/mol. The maximum Gasteiger partial charge on any atom is 0.303 e. The molecular weight excluding hydrogens is 304 g/mol. The summed E-state index contributed by atoms with van der Waals surface area (Å²) >= 11 is 0. The summed E-state index contributed by atoms with van der Waals surface area (Å²) in [5.41, 5.74) is 0. The van der Waals surface area contributed by atoms with Gasteiger partial charge in [0.05, 0.1) is 12.2 Å². The molecule has 0 fully saturated rings. The molecule has 0 aliphatic carbocycles. The first-order valence-corrected chi connectivity index (χ1v) is 8.80. The van der Waals surface area contributed by atoms with Crippen molar-refractivity contribution in [3.8, 4) is 0 Å². The van der Waals surface area contributed by atoms with Crippen LogP contribution in [0.2, 0.25) is 0 Å². The van der Waals surface area contributed by atoms with Crippen molar-refractivity contribution in [2.45, 2.75) is 70.5 Å². The van der Waals surface area contributed by atoms with Crippen LogP contribution >= 0.6 is 0 Å².